The molecule has 3 aromatic rings. The van der Waals surface area contributed by atoms with E-state index in [2.05, 4.69) is 38.3 Å². The van der Waals surface area contributed by atoms with Crippen LogP contribution in [0.2, 0.25) is 0 Å². The first-order chi connectivity index (χ1) is 14.8. The number of carbonyl (C=O) groups is 2. The van der Waals surface area contributed by atoms with Crippen molar-refractivity contribution in [1.82, 2.24) is 0 Å². The summed E-state index contributed by atoms with van der Waals surface area (Å²) in [6.07, 6.45) is 1.44. The Morgan fingerprint density at radius 3 is 2.19 bits per heavy atom. The van der Waals surface area contributed by atoms with Gasteiger partial charge in [0.15, 0.2) is 12.4 Å². The Bertz CT molecular complexity index is 1010. The molecule has 0 unspecified atom stereocenters. The Morgan fingerprint density at radius 1 is 0.903 bits per heavy atom. The second-order valence-corrected chi connectivity index (χ2v) is 7.92. The predicted octanol–water partition coefficient (Wildman–Crippen LogP) is 5.80. The number of hydrogen-bond acceptors (Lipinski definition) is 4. The fourth-order valence-electron chi connectivity index (χ4n) is 3.28. The highest BCUT2D eigenvalue weighted by Crippen LogP contribution is 2.32. The van der Waals surface area contributed by atoms with Crippen LogP contribution < -0.4 is 15.4 Å². The van der Waals surface area contributed by atoms with Crippen LogP contribution in [0.1, 0.15) is 61.2 Å². The number of benzene rings is 2. The van der Waals surface area contributed by atoms with E-state index in [1.807, 2.05) is 18.2 Å². The molecule has 0 radical (unpaired) electrons. The van der Waals surface area contributed by atoms with Crippen molar-refractivity contribution in [3.8, 4) is 5.75 Å². The number of hydrogen-bond donors (Lipinski definition) is 2. The van der Waals surface area contributed by atoms with Crippen LogP contribution in [0.3, 0.4) is 0 Å². The number of carbonyl (C=O) groups excluding carboxylic acids is 2. The summed E-state index contributed by atoms with van der Waals surface area (Å²) in [5, 5.41) is 5.77. The van der Waals surface area contributed by atoms with Gasteiger partial charge in [0.25, 0.3) is 11.8 Å². The van der Waals surface area contributed by atoms with Gasteiger partial charge in [-0.05, 0) is 47.2 Å². The van der Waals surface area contributed by atoms with Crippen molar-refractivity contribution >= 4 is 23.2 Å². The molecular weight excluding hydrogens is 392 g/mol. The first-order valence-corrected chi connectivity index (χ1v) is 10.4. The Morgan fingerprint density at radius 2 is 1.58 bits per heavy atom. The normalized spacial score (nSPS) is 10.9. The SMILES string of the molecule is CC(C)c1cccc(C(C)C)c1NC(=O)COc1cccc(NC(=O)c2ccco2)c1. The van der Waals surface area contributed by atoms with Crippen LogP contribution in [0, 0.1) is 0 Å². The second kappa shape index (κ2) is 9.98. The lowest BCUT2D eigenvalue weighted by molar-refractivity contribution is -0.118. The zero-order valence-electron chi connectivity index (χ0n) is 18.3. The summed E-state index contributed by atoms with van der Waals surface area (Å²) in [7, 11) is 0. The van der Waals surface area contributed by atoms with E-state index < -0.39 is 0 Å². The summed E-state index contributed by atoms with van der Waals surface area (Å²) in [6, 6.07) is 16.2. The van der Waals surface area contributed by atoms with Gasteiger partial charge in [0.1, 0.15) is 5.75 Å². The fourth-order valence-corrected chi connectivity index (χ4v) is 3.28. The lowest BCUT2D eigenvalue weighted by Crippen LogP contribution is -2.22. The minimum atomic E-state index is -0.355. The van der Waals surface area contributed by atoms with Crippen LogP contribution in [0.25, 0.3) is 0 Å². The number of rotatable bonds is 8. The topological polar surface area (TPSA) is 80.6 Å². The van der Waals surface area contributed by atoms with Crippen molar-refractivity contribution in [2.24, 2.45) is 0 Å². The van der Waals surface area contributed by atoms with Crippen molar-refractivity contribution < 1.29 is 18.7 Å². The van der Waals surface area contributed by atoms with Gasteiger partial charge in [0.2, 0.25) is 0 Å². The van der Waals surface area contributed by atoms with Crippen molar-refractivity contribution in [2.45, 2.75) is 39.5 Å². The molecule has 0 bridgehead atoms. The first kappa shape index (κ1) is 22.2. The third-order valence-electron chi connectivity index (χ3n) is 4.84. The smallest absolute Gasteiger partial charge is 0.291 e. The summed E-state index contributed by atoms with van der Waals surface area (Å²) in [5.41, 5.74) is 3.61. The van der Waals surface area contributed by atoms with Gasteiger partial charge < -0.3 is 19.8 Å². The van der Waals surface area contributed by atoms with Crippen molar-refractivity contribution in [2.75, 3.05) is 17.2 Å². The van der Waals surface area contributed by atoms with Gasteiger partial charge >= 0.3 is 0 Å². The maximum absolute atomic E-state index is 12.6. The molecule has 2 aromatic carbocycles. The predicted molar refractivity (Wildman–Crippen MR) is 122 cm³/mol. The molecule has 0 aliphatic rings. The molecule has 2 N–H and O–H groups in total. The van der Waals surface area contributed by atoms with Gasteiger partial charge in [-0.25, -0.2) is 0 Å². The van der Waals surface area contributed by atoms with Crippen LogP contribution in [0.4, 0.5) is 11.4 Å². The van der Waals surface area contributed by atoms with Crippen LogP contribution in [0.5, 0.6) is 5.75 Å². The van der Waals surface area contributed by atoms with Crippen molar-refractivity contribution in [1.29, 1.82) is 0 Å². The van der Waals surface area contributed by atoms with E-state index in [1.165, 1.54) is 6.26 Å². The highest BCUT2D eigenvalue weighted by atomic mass is 16.5. The number of nitrogens with one attached hydrogen (secondary N) is 2. The fraction of sp³-hybridized carbons (Fsp3) is 0.280. The lowest BCUT2D eigenvalue weighted by Gasteiger charge is -2.20. The molecule has 0 aliphatic carbocycles. The Kier molecular flexibility index (Phi) is 7.13. The maximum Gasteiger partial charge on any atom is 0.291 e. The maximum atomic E-state index is 12.6. The molecule has 6 heteroatoms. The van der Waals surface area contributed by atoms with Gasteiger partial charge in [-0.1, -0.05) is 52.0 Å². The molecule has 2 amide bonds. The monoisotopic (exact) mass is 420 g/mol. The van der Waals surface area contributed by atoms with Crippen LogP contribution in [-0.4, -0.2) is 18.4 Å². The summed E-state index contributed by atoms with van der Waals surface area (Å²) in [4.78, 5) is 24.8. The molecule has 0 atom stereocenters. The van der Waals surface area contributed by atoms with E-state index in [1.54, 1.807) is 36.4 Å². The Balaban J connectivity index is 1.65. The van der Waals surface area contributed by atoms with Gasteiger partial charge in [0, 0.05) is 17.4 Å². The molecule has 0 aliphatic heterocycles. The minimum absolute atomic E-state index is 0.139. The third kappa shape index (κ3) is 5.75. The molecule has 6 nitrogen and oxygen atoms in total. The molecule has 1 aromatic heterocycles. The molecule has 1 heterocycles. The molecule has 162 valence electrons. The molecule has 3 rings (SSSR count). The van der Waals surface area contributed by atoms with Gasteiger partial charge in [-0.2, -0.15) is 0 Å². The number of amides is 2. The second-order valence-electron chi connectivity index (χ2n) is 7.92. The van der Waals surface area contributed by atoms with Gasteiger partial charge in [0.05, 0.1) is 6.26 Å². The zero-order valence-corrected chi connectivity index (χ0v) is 18.3. The average Bonchev–Trinajstić information content (AvgIpc) is 3.27. The van der Waals surface area contributed by atoms with E-state index in [-0.39, 0.29) is 36.0 Å². The highest BCUT2D eigenvalue weighted by Gasteiger charge is 2.16. The summed E-state index contributed by atoms with van der Waals surface area (Å²) < 4.78 is 10.8. The van der Waals surface area contributed by atoms with Gasteiger partial charge in [-0.3, -0.25) is 9.59 Å². The number of ether oxygens (including phenoxy) is 1. The van der Waals surface area contributed by atoms with Crippen LogP contribution in [-0.2, 0) is 4.79 Å². The first-order valence-electron chi connectivity index (χ1n) is 10.4. The molecule has 0 fully saturated rings. The van der Waals surface area contributed by atoms with Crippen molar-refractivity contribution in [3.05, 3.63) is 77.7 Å². The lowest BCUT2D eigenvalue weighted by atomic mass is 9.92. The van der Waals surface area contributed by atoms with E-state index in [0.29, 0.717) is 11.4 Å². The van der Waals surface area contributed by atoms with E-state index >= 15 is 0 Å². The largest absolute Gasteiger partial charge is 0.484 e. The Labute approximate surface area is 182 Å². The van der Waals surface area contributed by atoms with Crippen molar-refractivity contribution in [3.63, 3.8) is 0 Å². The highest BCUT2D eigenvalue weighted by molar-refractivity contribution is 6.02. The molecule has 31 heavy (non-hydrogen) atoms. The zero-order chi connectivity index (χ0) is 22.4. The quantitative estimate of drug-likeness (QED) is 0.483. The third-order valence-corrected chi connectivity index (χ3v) is 4.84. The summed E-state index contributed by atoms with van der Waals surface area (Å²) >= 11 is 0. The molecule has 0 saturated heterocycles. The van der Waals surface area contributed by atoms with Gasteiger partial charge in [-0.15, -0.1) is 0 Å². The molecule has 0 spiro atoms. The van der Waals surface area contributed by atoms with Crippen LogP contribution in [0.15, 0.2) is 65.3 Å². The number of anilines is 2. The number of furan rings is 1. The summed E-state index contributed by atoms with van der Waals surface area (Å²) in [6.45, 7) is 8.28. The summed E-state index contributed by atoms with van der Waals surface area (Å²) in [5.74, 6) is 0.671. The standard InChI is InChI=1S/C25H28N2O4/c1-16(2)20-10-6-11-21(17(3)4)24(20)27-23(28)15-31-19-9-5-8-18(14-19)26-25(29)22-12-7-13-30-22/h5-14,16-17H,15H2,1-4H3,(H,26,29)(H,27,28). The van der Waals surface area contributed by atoms with E-state index in [9.17, 15) is 9.59 Å². The molecular formula is C25H28N2O4. The van der Waals surface area contributed by atoms with Crippen LogP contribution >= 0.6 is 0 Å². The molecule has 0 saturated carbocycles. The average molecular weight is 421 g/mol. The Hall–Kier alpha value is -3.54. The number of para-hydroxylation sites is 1. The minimum Gasteiger partial charge on any atom is -0.484 e. The van der Waals surface area contributed by atoms with E-state index in [0.717, 1.165) is 16.8 Å². The van der Waals surface area contributed by atoms with E-state index in [4.69, 9.17) is 9.15 Å².